The maximum Gasteiger partial charge on any atom is 0.129 e. The fourth-order valence-electron chi connectivity index (χ4n) is 2.38. The molecule has 112 valence electrons. The van der Waals surface area contributed by atoms with E-state index in [0.717, 1.165) is 36.0 Å². The quantitative estimate of drug-likeness (QED) is 0.833. The Hall–Kier alpha value is -1.10. The Bertz CT molecular complexity index is 581. The van der Waals surface area contributed by atoms with Gasteiger partial charge in [-0.05, 0) is 53.4 Å². The Morgan fingerprint density at radius 3 is 3.00 bits per heavy atom. The maximum atomic E-state index is 6.26. The zero-order valence-corrected chi connectivity index (χ0v) is 13.8. The number of halogens is 1. The van der Waals surface area contributed by atoms with E-state index in [1.165, 1.54) is 18.4 Å². The fraction of sp³-hybridized carbons (Fsp3) is 0.438. The molecule has 0 radical (unpaired) electrons. The molecule has 0 bridgehead atoms. The van der Waals surface area contributed by atoms with Crippen LogP contribution in [-0.4, -0.2) is 17.6 Å². The van der Waals surface area contributed by atoms with Crippen LogP contribution in [-0.2, 0) is 13.1 Å². The molecule has 5 heteroatoms. The standard InChI is InChI=1S/C16H20ClN3S/c1-2-18-8-13-7-16(19-9-15(13)17)20(14-3-4-14)10-12-5-6-21-11-12/h5-7,9,11,14,18H,2-4,8,10H2,1H3. The van der Waals surface area contributed by atoms with Gasteiger partial charge >= 0.3 is 0 Å². The minimum Gasteiger partial charge on any atom is -0.349 e. The van der Waals surface area contributed by atoms with Gasteiger partial charge in [-0.15, -0.1) is 0 Å². The van der Waals surface area contributed by atoms with Gasteiger partial charge < -0.3 is 10.2 Å². The van der Waals surface area contributed by atoms with Crippen LogP contribution in [0, 0.1) is 0 Å². The van der Waals surface area contributed by atoms with E-state index in [2.05, 4.69) is 45.0 Å². The fourth-order valence-corrected chi connectivity index (χ4v) is 3.21. The number of hydrogen-bond acceptors (Lipinski definition) is 4. The Morgan fingerprint density at radius 2 is 2.33 bits per heavy atom. The molecule has 0 atom stereocenters. The Labute approximate surface area is 135 Å². The highest BCUT2D eigenvalue weighted by molar-refractivity contribution is 7.07. The van der Waals surface area contributed by atoms with Gasteiger partial charge in [0.1, 0.15) is 5.82 Å². The summed E-state index contributed by atoms with van der Waals surface area (Å²) in [6.07, 6.45) is 4.31. The minimum absolute atomic E-state index is 0.630. The van der Waals surface area contributed by atoms with Crippen molar-refractivity contribution in [1.29, 1.82) is 0 Å². The first kappa shape index (κ1) is 14.8. The summed E-state index contributed by atoms with van der Waals surface area (Å²) < 4.78 is 0. The van der Waals surface area contributed by atoms with Gasteiger partial charge in [0.15, 0.2) is 0 Å². The second-order valence-electron chi connectivity index (χ2n) is 5.40. The van der Waals surface area contributed by atoms with E-state index >= 15 is 0 Å². The SMILES string of the molecule is CCNCc1cc(N(Cc2ccsc2)C2CC2)ncc1Cl. The number of pyridine rings is 1. The molecule has 1 saturated carbocycles. The smallest absolute Gasteiger partial charge is 0.129 e. The van der Waals surface area contributed by atoms with Crippen molar-refractivity contribution in [3.8, 4) is 0 Å². The highest BCUT2D eigenvalue weighted by Gasteiger charge is 2.30. The highest BCUT2D eigenvalue weighted by atomic mass is 35.5. The van der Waals surface area contributed by atoms with E-state index in [1.54, 1.807) is 17.5 Å². The number of hydrogen-bond donors (Lipinski definition) is 1. The molecule has 2 aromatic rings. The molecule has 0 unspecified atom stereocenters. The Morgan fingerprint density at radius 1 is 1.48 bits per heavy atom. The van der Waals surface area contributed by atoms with Crippen molar-refractivity contribution in [3.63, 3.8) is 0 Å². The lowest BCUT2D eigenvalue weighted by atomic mass is 10.2. The second-order valence-corrected chi connectivity index (χ2v) is 6.59. The molecule has 21 heavy (non-hydrogen) atoms. The van der Waals surface area contributed by atoms with Crippen molar-refractivity contribution in [3.05, 3.63) is 45.2 Å². The van der Waals surface area contributed by atoms with E-state index in [0.29, 0.717) is 6.04 Å². The summed E-state index contributed by atoms with van der Waals surface area (Å²) >= 11 is 8.00. The molecule has 1 aliphatic carbocycles. The molecular weight excluding hydrogens is 302 g/mol. The van der Waals surface area contributed by atoms with Crippen LogP contribution in [0.5, 0.6) is 0 Å². The Kier molecular flexibility index (Phi) is 4.78. The topological polar surface area (TPSA) is 28.2 Å². The van der Waals surface area contributed by atoms with E-state index in [4.69, 9.17) is 11.6 Å². The third-order valence-corrected chi connectivity index (χ3v) is 4.77. The van der Waals surface area contributed by atoms with Crippen molar-refractivity contribution in [1.82, 2.24) is 10.3 Å². The number of nitrogens with one attached hydrogen (secondary N) is 1. The van der Waals surface area contributed by atoms with Crippen LogP contribution in [0.25, 0.3) is 0 Å². The molecule has 2 aromatic heterocycles. The van der Waals surface area contributed by atoms with Gasteiger partial charge in [-0.25, -0.2) is 4.98 Å². The lowest BCUT2D eigenvalue weighted by Gasteiger charge is -2.24. The van der Waals surface area contributed by atoms with Crippen LogP contribution in [0.15, 0.2) is 29.1 Å². The molecule has 0 spiro atoms. The molecule has 0 saturated heterocycles. The predicted molar refractivity (Wildman–Crippen MR) is 90.2 cm³/mol. The summed E-state index contributed by atoms with van der Waals surface area (Å²) in [4.78, 5) is 6.97. The lowest BCUT2D eigenvalue weighted by molar-refractivity contribution is 0.722. The zero-order valence-electron chi connectivity index (χ0n) is 12.2. The monoisotopic (exact) mass is 321 g/mol. The van der Waals surface area contributed by atoms with Gasteiger partial charge in [0.05, 0.1) is 5.02 Å². The van der Waals surface area contributed by atoms with E-state index in [1.807, 2.05) is 0 Å². The summed E-state index contributed by atoms with van der Waals surface area (Å²) in [5.74, 6) is 1.04. The number of rotatable bonds is 7. The summed E-state index contributed by atoms with van der Waals surface area (Å²) in [5.41, 5.74) is 2.48. The molecule has 1 fully saturated rings. The summed E-state index contributed by atoms with van der Waals surface area (Å²) in [5, 5.41) is 8.42. The summed E-state index contributed by atoms with van der Waals surface area (Å²) in [7, 11) is 0. The van der Waals surface area contributed by atoms with E-state index in [-0.39, 0.29) is 0 Å². The second kappa shape index (κ2) is 6.77. The van der Waals surface area contributed by atoms with Crippen LogP contribution in [0.1, 0.15) is 30.9 Å². The minimum atomic E-state index is 0.630. The highest BCUT2D eigenvalue weighted by Crippen LogP contribution is 2.33. The van der Waals surface area contributed by atoms with Crippen molar-refractivity contribution in [2.75, 3.05) is 11.4 Å². The molecule has 3 nitrogen and oxygen atoms in total. The van der Waals surface area contributed by atoms with Gasteiger partial charge in [-0.3, -0.25) is 0 Å². The van der Waals surface area contributed by atoms with Crippen LogP contribution < -0.4 is 10.2 Å². The number of thiophene rings is 1. The molecular formula is C16H20ClN3S. The molecule has 0 aromatic carbocycles. The number of nitrogens with zero attached hydrogens (tertiary/aromatic N) is 2. The van der Waals surface area contributed by atoms with Gasteiger partial charge in [0, 0.05) is 25.3 Å². The molecule has 0 aliphatic heterocycles. The lowest BCUT2D eigenvalue weighted by Crippen LogP contribution is -2.26. The Balaban J connectivity index is 1.81. The predicted octanol–water partition coefficient (Wildman–Crippen LogP) is 4.08. The largest absolute Gasteiger partial charge is 0.349 e. The van der Waals surface area contributed by atoms with Gasteiger partial charge in [-0.2, -0.15) is 11.3 Å². The van der Waals surface area contributed by atoms with Crippen molar-refractivity contribution in [2.45, 2.75) is 38.9 Å². The molecule has 3 rings (SSSR count). The normalized spacial score (nSPS) is 14.4. The van der Waals surface area contributed by atoms with E-state index in [9.17, 15) is 0 Å². The van der Waals surface area contributed by atoms with Crippen molar-refractivity contribution >= 4 is 28.8 Å². The van der Waals surface area contributed by atoms with E-state index < -0.39 is 0 Å². The third kappa shape index (κ3) is 3.76. The zero-order chi connectivity index (χ0) is 14.7. The number of aromatic nitrogens is 1. The first-order valence-electron chi connectivity index (χ1n) is 7.40. The van der Waals surface area contributed by atoms with Crippen LogP contribution in [0.4, 0.5) is 5.82 Å². The van der Waals surface area contributed by atoms with Gasteiger partial charge in [0.25, 0.3) is 0 Å². The third-order valence-electron chi connectivity index (χ3n) is 3.70. The maximum absolute atomic E-state index is 6.26. The number of anilines is 1. The van der Waals surface area contributed by atoms with Crippen LogP contribution in [0.2, 0.25) is 5.02 Å². The first-order chi connectivity index (χ1) is 10.3. The average molecular weight is 322 g/mol. The van der Waals surface area contributed by atoms with Crippen molar-refractivity contribution < 1.29 is 0 Å². The van der Waals surface area contributed by atoms with Crippen molar-refractivity contribution in [2.24, 2.45) is 0 Å². The molecule has 1 N–H and O–H groups in total. The molecule has 1 aliphatic rings. The van der Waals surface area contributed by atoms with Gasteiger partial charge in [0.2, 0.25) is 0 Å². The summed E-state index contributed by atoms with van der Waals surface area (Å²) in [6.45, 7) is 4.77. The van der Waals surface area contributed by atoms with Crippen LogP contribution in [0.3, 0.4) is 0 Å². The first-order valence-corrected chi connectivity index (χ1v) is 8.73. The van der Waals surface area contributed by atoms with Crippen LogP contribution >= 0.6 is 22.9 Å². The molecule has 0 amide bonds. The van der Waals surface area contributed by atoms with Gasteiger partial charge in [-0.1, -0.05) is 18.5 Å². The summed E-state index contributed by atoms with van der Waals surface area (Å²) in [6, 6.07) is 4.95. The molecule has 2 heterocycles. The average Bonchev–Trinajstić information content (AvgIpc) is 3.21.